The van der Waals surface area contributed by atoms with Crippen LogP contribution in [0.5, 0.6) is 0 Å². The second-order valence-electron chi connectivity index (χ2n) is 5.14. The van der Waals surface area contributed by atoms with Crippen molar-refractivity contribution < 1.29 is 9.59 Å². The number of amides is 2. The van der Waals surface area contributed by atoms with Gasteiger partial charge >= 0.3 is 0 Å². The molecular weight excluding hydrogens is 370 g/mol. The quantitative estimate of drug-likeness (QED) is 0.852. The minimum atomic E-state index is -0.214. The molecule has 0 radical (unpaired) electrons. The fourth-order valence-corrected chi connectivity index (χ4v) is 2.46. The predicted molar refractivity (Wildman–Crippen MR) is 96.6 cm³/mol. The Hall–Kier alpha value is -2.65. The summed E-state index contributed by atoms with van der Waals surface area (Å²) in [5.74, 6) is -0.343. The Morgan fingerprint density at radius 2 is 1.92 bits per heavy atom. The van der Waals surface area contributed by atoms with E-state index in [4.69, 9.17) is 5.26 Å². The van der Waals surface area contributed by atoms with Crippen molar-refractivity contribution in [3.8, 4) is 6.07 Å². The molecule has 5 nitrogen and oxygen atoms in total. The van der Waals surface area contributed by atoms with Crippen LogP contribution in [-0.2, 0) is 9.59 Å². The van der Waals surface area contributed by atoms with E-state index in [2.05, 4.69) is 21.2 Å². The van der Waals surface area contributed by atoms with Gasteiger partial charge in [0.25, 0.3) is 0 Å². The molecule has 0 unspecified atom stereocenters. The molecule has 0 spiro atoms. The molecule has 2 aromatic rings. The lowest BCUT2D eigenvalue weighted by molar-refractivity contribution is -0.117. The van der Waals surface area contributed by atoms with Gasteiger partial charge in [-0.25, -0.2) is 0 Å². The van der Waals surface area contributed by atoms with E-state index in [-0.39, 0.29) is 24.8 Å². The van der Waals surface area contributed by atoms with Crippen LogP contribution in [0.15, 0.2) is 53.0 Å². The first kappa shape index (κ1) is 17.7. The van der Waals surface area contributed by atoms with Gasteiger partial charge in [-0.3, -0.25) is 9.59 Å². The van der Waals surface area contributed by atoms with Gasteiger partial charge in [-0.15, -0.1) is 0 Å². The maximum atomic E-state index is 12.1. The number of anilines is 2. The highest BCUT2D eigenvalue weighted by Gasteiger charge is 2.13. The van der Waals surface area contributed by atoms with E-state index in [9.17, 15) is 9.59 Å². The number of nitrogens with zero attached hydrogens (tertiary/aromatic N) is 2. The molecule has 1 N–H and O–H groups in total. The van der Waals surface area contributed by atoms with E-state index >= 15 is 0 Å². The lowest BCUT2D eigenvalue weighted by Gasteiger charge is -2.21. The molecule has 0 fully saturated rings. The predicted octanol–water partition coefficient (Wildman–Crippen LogP) is 3.70. The molecule has 122 valence electrons. The van der Waals surface area contributed by atoms with Crippen LogP contribution >= 0.6 is 15.9 Å². The van der Waals surface area contributed by atoms with Crippen molar-refractivity contribution in [3.63, 3.8) is 0 Å². The summed E-state index contributed by atoms with van der Waals surface area (Å²) in [4.78, 5) is 25.5. The smallest absolute Gasteiger partial charge is 0.226 e. The Kier molecular flexibility index (Phi) is 6.10. The van der Waals surface area contributed by atoms with Gasteiger partial charge in [0.2, 0.25) is 11.8 Å². The highest BCUT2D eigenvalue weighted by molar-refractivity contribution is 9.10. The SMILES string of the molecule is CC(=O)N(CCC(=O)Nc1cccc(C#N)c1)c1ccc(Br)cc1. The molecule has 0 bridgehead atoms. The molecule has 2 rings (SSSR count). The van der Waals surface area contributed by atoms with Crippen LogP contribution in [0, 0.1) is 11.3 Å². The summed E-state index contributed by atoms with van der Waals surface area (Å²) in [6, 6.07) is 16.1. The number of carbonyl (C=O) groups is 2. The van der Waals surface area contributed by atoms with E-state index in [1.807, 2.05) is 30.3 Å². The molecule has 2 amide bonds. The average Bonchev–Trinajstić information content (AvgIpc) is 2.56. The number of nitrogens with one attached hydrogen (secondary N) is 1. The number of carbonyl (C=O) groups excluding carboxylic acids is 2. The van der Waals surface area contributed by atoms with Crippen molar-refractivity contribution in [2.45, 2.75) is 13.3 Å². The first-order valence-corrected chi connectivity index (χ1v) is 8.12. The van der Waals surface area contributed by atoms with Crippen LogP contribution < -0.4 is 10.2 Å². The number of rotatable bonds is 5. The summed E-state index contributed by atoms with van der Waals surface area (Å²) < 4.78 is 0.921. The summed E-state index contributed by atoms with van der Waals surface area (Å²) in [7, 11) is 0. The Labute approximate surface area is 149 Å². The number of halogens is 1. The Morgan fingerprint density at radius 1 is 1.21 bits per heavy atom. The molecule has 0 heterocycles. The van der Waals surface area contributed by atoms with Gasteiger partial charge in [-0.05, 0) is 42.5 Å². The van der Waals surface area contributed by atoms with Crippen LogP contribution in [0.4, 0.5) is 11.4 Å². The van der Waals surface area contributed by atoms with Crippen LogP contribution in [0.25, 0.3) is 0 Å². The van der Waals surface area contributed by atoms with Crippen LogP contribution in [0.3, 0.4) is 0 Å². The van der Waals surface area contributed by atoms with Gasteiger partial charge in [-0.1, -0.05) is 22.0 Å². The number of hydrogen-bond acceptors (Lipinski definition) is 3. The molecule has 0 aliphatic carbocycles. The second kappa shape index (κ2) is 8.27. The largest absolute Gasteiger partial charge is 0.326 e. The van der Waals surface area contributed by atoms with Crippen molar-refractivity contribution >= 4 is 39.1 Å². The lowest BCUT2D eigenvalue weighted by Crippen LogP contribution is -2.31. The molecular formula is C18H16BrN3O2. The number of hydrogen-bond donors (Lipinski definition) is 1. The third-order valence-corrected chi connectivity index (χ3v) is 3.88. The molecule has 0 aromatic heterocycles. The van der Waals surface area contributed by atoms with Crippen molar-refractivity contribution in [1.29, 1.82) is 5.26 Å². The fraction of sp³-hybridized carbons (Fsp3) is 0.167. The second-order valence-corrected chi connectivity index (χ2v) is 6.05. The summed E-state index contributed by atoms with van der Waals surface area (Å²) in [5, 5.41) is 11.6. The van der Waals surface area contributed by atoms with E-state index in [0.29, 0.717) is 11.3 Å². The minimum Gasteiger partial charge on any atom is -0.326 e. The van der Waals surface area contributed by atoms with Crippen molar-refractivity contribution in [2.75, 3.05) is 16.8 Å². The Balaban J connectivity index is 1.98. The van der Waals surface area contributed by atoms with Crippen molar-refractivity contribution in [3.05, 3.63) is 58.6 Å². The minimum absolute atomic E-state index is 0.128. The van der Waals surface area contributed by atoms with Gasteiger partial charge in [0.05, 0.1) is 11.6 Å². The maximum absolute atomic E-state index is 12.1. The summed E-state index contributed by atoms with van der Waals surface area (Å²) in [6.07, 6.45) is 0.159. The number of nitriles is 1. The van der Waals surface area contributed by atoms with Gasteiger partial charge in [0, 0.05) is 35.7 Å². The van der Waals surface area contributed by atoms with Crippen LogP contribution in [0.2, 0.25) is 0 Å². The number of benzene rings is 2. The summed E-state index contributed by atoms with van der Waals surface area (Å²) in [6.45, 7) is 1.75. The third kappa shape index (κ3) is 4.93. The average molecular weight is 386 g/mol. The van der Waals surface area contributed by atoms with Crippen molar-refractivity contribution in [1.82, 2.24) is 0 Å². The topological polar surface area (TPSA) is 73.2 Å². The van der Waals surface area contributed by atoms with E-state index in [0.717, 1.165) is 10.2 Å². The fourth-order valence-electron chi connectivity index (χ4n) is 2.19. The molecule has 0 aliphatic rings. The molecule has 0 aliphatic heterocycles. The zero-order valence-corrected chi connectivity index (χ0v) is 14.7. The molecule has 0 saturated heterocycles. The molecule has 0 atom stereocenters. The van der Waals surface area contributed by atoms with Crippen LogP contribution in [-0.4, -0.2) is 18.4 Å². The molecule has 24 heavy (non-hydrogen) atoms. The standard InChI is InChI=1S/C18H16BrN3O2/c1-13(23)22(17-7-5-15(19)6-8-17)10-9-18(24)21-16-4-2-3-14(11-16)12-20/h2-8,11H,9-10H2,1H3,(H,21,24). The van der Waals surface area contributed by atoms with Gasteiger partial charge in [-0.2, -0.15) is 5.26 Å². The zero-order chi connectivity index (χ0) is 17.5. The van der Waals surface area contributed by atoms with Gasteiger partial charge in [0.15, 0.2) is 0 Å². The maximum Gasteiger partial charge on any atom is 0.226 e. The highest BCUT2D eigenvalue weighted by atomic mass is 79.9. The highest BCUT2D eigenvalue weighted by Crippen LogP contribution is 2.19. The normalized spacial score (nSPS) is 9.88. The lowest BCUT2D eigenvalue weighted by atomic mass is 10.2. The summed E-state index contributed by atoms with van der Waals surface area (Å²) >= 11 is 3.35. The first-order valence-electron chi connectivity index (χ1n) is 7.33. The third-order valence-electron chi connectivity index (χ3n) is 3.36. The first-order chi connectivity index (χ1) is 11.5. The summed E-state index contributed by atoms with van der Waals surface area (Å²) in [5.41, 5.74) is 1.79. The van der Waals surface area contributed by atoms with Gasteiger partial charge in [0.1, 0.15) is 0 Å². The van der Waals surface area contributed by atoms with E-state index in [1.165, 1.54) is 6.92 Å². The molecule has 2 aromatic carbocycles. The molecule has 6 heteroatoms. The Morgan fingerprint density at radius 3 is 2.54 bits per heavy atom. The Bertz CT molecular complexity index is 782. The van der Waals surface area contributed by atoms with E-state index < -0.39 is 0 Å². The zero-order valence-electron chi connectivity index (χ0n) is 13.1. The van der Waals surface area contributed by atoms with Gasteiger partial charge < -0.3 is 10.2 Å². The molecule has 0 saturated carbocycles. The van der Waals surface area contributed by atoms with Crippen LogP contribution in [0.1, 0.15) is 18.9 Å². The monoisotopic (exact) mass is 385 g/mol. The van der Waals surface area contributed by atoms with Crippen molar-refractivity contribution in [2.24, 2.45) is 0 Å². The van der Waals surface area contributed by atoms with E-state index in [1.54, 1.807) is 29.2 Å².